The van der Waals surface area contributed by atoms with Gasteiger partial charge in [-0.15, -0.1) is 0 Å². The van der Waals surface area contributed by atoms with E-state index < -0.39 is 6.04 Å². The van der Waals surface area contributed by atoms with Crippen molar-refractivity contribution in [1.29, 1.82) is 0 Å². The number of nitrogens with zero attached hydrogens (tertiary/aromatic N) is 3. The molecule has 0 spiro atoms. The van der Waals surface area contributed by atoms with Crippen molar-refractivity contribution in [2.75, 3.05) is 19.6 Å². The molecule has 2 aromatic carbocycles. The van der Waals surface area contributed by atoms with Gasteiger partial charge in [-0.1, -0.05) is 56.3 Å². The molecule has 4 rings (SSSR count). The zero-order valence-corrected chi connectivity index (χ0v) is 19.0. The lowest BCUT2D eigenvalue weighted by atomic mass is 10.00. The minimum Gasteiger partial charge on any atom is -0.338 e. The third kappa shape index (κ3) is 4.32. The maximum atomic E-state index is 13.6. The Morgan fingerprint density at radius 2 is 1.53 bits per heavy atom. The Hall–Kier alpha value is -2.99. The maximum absolute atomic E-state index is 13.6. The molecule has 0 bridgehead atoms. The SMILES string of the molecule is CC(C)CC(C(=O)N1CCN(Cc2ccccc2)C(C)C1)N1C(=O)c2ccccc2C1=O. The quantitative estimate of drug-likeness (QED) is 0.655. The predicted octanol–water partition coefficient (Wildman–Crippen LogP) is 3.43. The van der Waals surface area contributed by atoms with Gasteiger partial charge in [-0.3, -0.25) is 24.2 Å². The Bertz CT molecular complexity index is 969. The van der Waals surface area contributed by atoms with Crippen LogP contribution in [0.25, 0.3) is 0 Å². The van der Waals surface area contributed by atoms with Gasteiger partial charge in [0.15, 0.2) is 0 Å². The van der Waals surface area contributed by atoms with Crippen LogP contribution in [0.1, 0.15) is 53.5 Å². The molecule has 2 atom stereocenters. The van der Waals surface area contributed by atoms with Gasteiger partial charge >= 0.3 is 0 Å². The second-order valence-corrected chi connectivity index (χ2v) is 9.26. The molecule has 6 nitrogen and oxygen atoms in total. The van der Waals surface area contributed by atoms with Crippen LogP contribution in [-0.2, 0) is 11.3 Å². The molecule has 0 radical (unpaired) electrons. The van der Waals surface area contributed by atoms with Crippen LogP contribution in [0.2, 0.25) is 0 Å². The van der Waals surface area contributed by atoms with Gasteiger partial charge in [0.2, 0.25) is 5.91 Å². The fourth-order valence-electron chi connectivity index (χ4n) is 4.71. The minimum absolute atomic E-state index is 0.126. The molecule has 0 saturated carbocycles. The topological polar surface area (TPSA) is 60.9 Å². The Morgan fingerprint density at radius 3 is 2.09 bits per heavy atom. The molecule has 2 aromatic rings. The number of amides is 3. The Balaban J connectivity index is 1.50. The van der Waals surface area contributed by atoms with Gasteiger partial charge in [0.1, 0.15) is 6.04 Å². The van der Waals surface area contributed by atoms with E-state index >= 15 is 0 Å². The van der Waals surface area contributed by atoms with Gasteiger partial charge in [0, 0.05) is 32.2 Å². The van der Waals surface area contributed by atoms with Crippen LogP contribution >= 0.6 is 0 Å². The van der Waals surface area contributed by atoms with E-state index in [4.69, 9.17) is 0 Å². The fourth-order valence-corrected chi connectivity index (χ4v) is 4.71. The average molecular weight is 434 g/mol. The summed E-state index contributed by atoms with van der Waals surface area (Å²) in [6, 6.07) is 16.6. The van der Waals surface area contributed by atoms with E-state index in [-0.39, 0.29) is 29.7 Å². The minimum atomic E-state index is -0.768. The number of rotatable bonds is 6. The van der Waals surface area contributed by atoms with Gasteiger partial charge < -0.3 is 4.90 Å². The Labute approximate surface area is 189 Å². The molecule has 0 aliphatic carbocycles. The van der Waals surface area contributed by atoms with Crippen molar-refractivity contribution in [2.24, 2.45) is 5.92 Å². The molecular formula is C26H31N3O3. The number of carbonyl (C=O) groups excluding carboxylic acids is 3. The van der Waals surface area contributed by atoms with Gasteiger partial charge in [0.25, 0.3) is 11.8 Å². The van der Waals surface area contributed by atoms with E-state index in [0.29, 0.717) is 30.6 Å². The molecule has 2 aliphatic rings. The first-order valence-corrected chi connectivity index (χ1v) is 11.4. The van der Waals surface area contributed by atoms with Crippen molar-refractivity contribution in [1.82, 2.24) is 14.7 Å². The number of hydrogen-bond acceptors (Lipinski definition) is 4. The molecule has 3 amide bonds. The highest BCUT2D eigenvalue weighted by molar-refractivity contribution is 6.22. The first-order chi connectivity index (χ1) is 15.4. The van der Waals surface area contributed by atoms with Crippen molar-refractivity contribution in [2.45, 2.75) is 45.8 Å². The molecule has 168 valence electrons. The number of carbonyl (C=O) groups is 3. The molecule has 1 saturated heterocycles. The van der Waals surface area contributed by atoms with Crippen molar-refractivity contribution < 1.29 is 14.4 Å². The third-order valence-corrected chi connectivity index (χ3v) is 6.42. The van der Waals surface area contributed by atoms with Crippen molar-refractivity contribution >= 4 is 17.7 Å². The lowest BCUT2D eigenvalue weighted by Gasteiger charge is -2.42. The lowest BCUT2D eigenvalue weighted by Crippen LogP contribution is -2.58. The number of fused-ring (bicyclic) bond motifs is 1. The maximum Gasteiger partial charge on any atom is 0.262 e. The zero-order chi connectivity index (χ0) is 22.8. The lowest BCUT2D eigenvalue weighted by molar-refractivity contribution is -0.139. The normalized spacial score (nSPS) is 20.1. The molecule has 0 aromatic heterocycles. The standard InChI is InChI=1S/C26H31N3O3/c1-18(2)15-23(29-24(30)21-11-7-8-12-22(21)25(29)31)26(32)28-14-13-27(19(3)16-28)17-20-9-5-4-6-10-20/h4-12,18-19,23H,13-17H2,1-3H3. The average Bonchev–Trinajstić information content (AvgIpc) is 3.04. The Kier molecular flexibility index (Phi) is 6.42. The third-order valence-electron chi connectivity index (χ3n) is 6.42. The zero-order valence-electron chi connectivity index (χ0n) is 19.0. The van der Waals surface area contributed by atoms with E-state index in [1.165, 1.54) is 10.5 Å². The molecule has 1 fully saturated rings. The van der Waals surface area contributed by atoms with Crippen LogP contribution in [-0.4, -0.2) is 64.1 Å². The van der Waals surface area contributed by atoms with Crippen LogP contribution in [0.4, 0.5) is 0 Å². The molecule has 0 N–H and O–H groups in total. The number of benzene rings is 2. The molecule has 6 heteroatoms. The second-order valence-electron chi connectivity index (χ2n) is 9.26. The van der Waals surface area contributed by atoms with Crippen molar-refractivity contribution in [3.05, 3.63) is 71.3 Å². The van der Waals surface area contributed by atoms with Gasteiger partial charge in [-0.05, 0) is 37.0 Å². The summed E-state index contributed by atoms with van der Waals surface area (Å²) in [4.78, 5) is 45.2. The highest BCUT2D eigenvalue weighted by atomic mass is 16.2. The first kappa shape index (κ1) is 22.2. The van der Waals surface area contributed by atoms with Crippen molar-refractivity contribution in [3.8, 4) is 0 Å². The van der Waals surface area contributed by atoms with Gasteiger partial charge in [-0.2, -0.15) is 0 Å². The largest absolute Gasteiger partial charge is 0.338 e. The summed E-state index contributed by atoms with van der Waals surface area (Å²) in [7, 11) is 0. The summed E-state index contributed by atoms with van der Waals surface area (Å²) < 4.78 is 0. The van der Waals surface area contributed by atoms with Crippen LogP contribution < -0.4 is 0 Å². The number of imide groups is 1. The smallest absolute Gasteiger partial charge is 0.262 e. The van der Waals surface area contributed by atoms with Crippen molar-refractivity contribution in [3.63, 3.8) is 0 Å². The van der Waals surface area contributed by atoms with Crippen LogP contribution in [0, 0.1) is 5.92 Å². The predicted molar refractivity (Wildman–Crippen MR) is 123 cm³/mol. The summed E-state index contributed by atoms with van der Waals surface area (Å²) in [6.07, 6.45) is 0.461. The van der Waals surface area contributed by atoms with Gasteiger partial charge in [0.05, 0.1) is 11.1 Å². The van der Waals surface area contributed by atoms with Gasteiger partial charge in [-0.25, -0.2) is 0 Å². The Morgan fingerprint density at radius 1 is 0.938 bits per heavy atom. The summed E-state index contributed by atoms with van der Waals surface area (Å²) >= 11 is 0. The number of piperazine rings is 1. The van der Waals surface area contributed by atoms with E-state index in [9.17, 15) is 14.4 Å². The second kappa shape index (κ2) is 9.25. The molecule has 2 heterocycles. The van der Waals surface area contributed by atoms with E-state index in [1.54, 1.807) is 24.3 Å². The summed E-state index contributed by atoms with van der Waals surface area (Å²) in [5.41, 5.74) is 2.03. The van der Waals surface area contributed by atoms with Crippen LogP contribution in [0.15, 0.2) is 54.6 Å². The van der Waals surface area contributed by atoms with Crippen LogP contribution in [0.5, 0.6) is 0 Å². The summed E-state index contributed by atoms with van der Waals surface area (Å²) in [5, 5.41) is 0. The van der Waals surface area contributed by atoms with E-state index in [1.807, 2.05) is 36.9 Å². The van der Waals surface area contributed by atoms with Crippen LogP contribution in [0.3, 0.4) is 0 Å². The molecular weight excluding hydrogens is 402 g/mol. The van der Waals surface area contributed by atoms with E-state index in [0.717, 1.165) is 13.1 Å². The monoisotopic (exact) mass is 433 g/mol. The number of hydrogen-bond donors (Lipinski definition) is 0. The molecule has 2 aliphatic heterocycles. The van der Waals surface area contributed by atoms with E-state index in [2.05, 4.69) is 24.0 Å². The summed E-state index contributed by atoms with van der Waals surface area (Å²) in [6.45, 7) is 8.94. The summed E-state index contributed by atoms with van der Waals surface area (Å²) in [5.74, 6) is -0.676. The highest BCUT2D eigenvalue weighted by Crippen LogP contribution is 2.28. The fraction of sp³-hybridized carbons (Fsp3) is 0.423. The molecule has 2 unspecified atom stereocenters. The molecule has 32 heavy (non-hydrogen) atoms. The highest BCUT2D eigenvalue weighted by Gasteiger charge is 2.44. The first-order valence-electron chi connectivity index (χ1n) is 11.4.